The predicted octanol–water partition coefficient (Wildman–Crippen LogP) is 18.4. The topological polar surface area (TPSA) is 95.9 Å². The molecule has 0 fully saturated rings. The Bertz CT molecular complexity index is 1190. The van der Waals surface area contributed by atoms with Crippen LogP contribution in [0, 0.1) is 0 Å². The van der Waals surface area contributed by atoms with Gasteiger partial charge in [-0.05, 0) is 89.9 Å². The second-order valence-corrected chi connectivity index (χ2v) is 20.0. The van der Waals surface area contributed by atoms with E-state index in [-0.39, 0.29) is 18.5 Å². The fourth-order valence-electron chi connectivity index (χ4n) is 8.70. The van der Waals surface area contributed by atoms with Crippen molar-refractivity contribution in [3.8, 4) is 0 Å². The lowest BCUT2D eigenvalue weighted by molar-refractivity contribution is -0.143. The number of amides is 1. The Morgan fingerprint density at radius 2 is 0.765 bits per heavy atom. The van der Waals surface area contributed by atoms with Gasteiger partial charge in [-0.2, -0.15) is 0 Å². The van der Waals surface area contributed by atoms with Crippen LogP contribution in [0.4, 0.5) is 0 Å². The van der Waals surface area contributed by atoms with Crippen molar-refractivity contribution < 1.29 is 24.5 Å². The number of hydrogen-bond acceptors (Lipinski definition) is 5. The van der Waals surface area contributed by atoms with Gasteiger partial charge in [0.1, 0.15) is 0 Å². The first-order valence-electron chi connectivity index (χ1n) is 29.6. The van der Waals surface area contributed by atoms with Gasteiger partial charge in [-0.3, -0.25) is 9.59 Å². The molecular formula is C62H113NO5. The average Bonchev–Trinajstić information content (AvgIpc) is 3.34. The first-order chi connectivity index (χ1) is 33.5. The lowest BCUT2D eigenvalue weighted by atomic mass is 10.0. The summed E-state index contributed by atoms with van der Waals surface area (Å²) in [6.07, 6.45) is 74.0. The second kappa shape index (κ2) is 57.1. The highest BCUT2D eigenvalue weighted by Crippen LogP contribution is 2.16. The van der Waals surface area contributed by atoms with E-state index in [1.54, 1.807) is 6.08 Å². The van der Waals surface area contributed by atoms with E-state index in [0.717, 1.165) is 57.8 Å². The highest BCUT2D eigenvalue weighted by molar-refractivity contribution is 5.76. The average molecular weight is 953 g/mol. The maximum Gasteiger partial charge on any atom is 0.305 e. The van der Waals surface area contributed by atoms with Crippen LogP contribution in [0.25, 0.3) is 0 Å². The third kappa shape index (κ3) is 52.9. The molecule has 0 saturated heterocycles. The largest absolute Gasteiger partial charge is 0.466 e. The van der Waals surface area contributed by atoms with E-state index in [1.807, 2.05) is 6.08 Å². The molecule has 0 saturated carbocycles. The van der Waals surface area contributed by atoms with Crippen molar-refractivity contribution in [2.24, 2.45) is 0 Å². The number of allylic oxidation sites excluding steroid dienone is 9. The maximum atomic E-state index is 12.4. The quantitative estimate of drug-likeness (QED) is 0.0321. The van der Waals surface area contributed by atoms with Crippen LogP contribution in [0.1, 0.15) is 296 Å². The highest BCUT2D eigenvalue weighted by Gasteiger charge is 2.18. The Labute approximate surface area is 422 Å². The molecule has 3 N–H and O–H groups in total. The van der Waals surface area contributed by atoms with Gasteiger partial charge < -0.3 is 20.3 Å². The Morgan fingerprint density at radius 3 is 1.18 bits per heavy atom. The van der Waals surface area contributed by atoms with Gasteiger partial charge in [0.2, 0.25) is 5.91 Å². The molecule has 0 aromatic carbocycles. The number of nitrogens with one attached hydrogen (secondary N) is 1. The second-order valence-electron chi connectivity index (χ2n) is 20.0. The van der Waals surface area contributed by atoms with Crippen molar-refractivity contribution in [1.29, 1.82) is 0 Å². The SMILES string of the molecule is CCC/C=C\C/C=C\CCCCCCCC(=O)OCCCCCCCCCCC/C=C\C/C=C\CCCCCCCCCCCCCC(=O)NC(CO)C(O)/C=C/CCCCCCCCCCC. The zero-order valence-electron chi connectivity index (χ0n) is 45.1. The summed E-state index contributed by atoms with van der Waals surface area (Å²) in [6, 6.07) is -0.630. The number of aliphatic hydroxyl groups is 2. The number of carbonyl (C=O) groups excluding carboxylic acids is 2. The van der Waals surface area contributed by atoms with Crippen molar-refractivity contribution in [1.82, 2.24) is 5.32 Å². The molecule has 0 rings (SSSR count). The molecule has 0 aromatic rings. The van der Waals surface area contributed by atoms with E-state index in [9.17, 15) is 19.8 Å². The molecule has 2 unspecified atom stereocenters. The van der Waals surface area contributed by atoms with E-state index >= 15 is 0 Å². The molecule has 6 heteroatoms. The molecule has 0 heterocycles. The third-order valence-corrected chi connectivity index (χ3v) is 13.2. The van der Waals surface area contributed by atoms with E-state index in [0.29, 0.717) is 19.4 Å². The van der Waals surface area contributed by atoms with E-state index in [2.05, 4.69) is 67.8 Å². The van der Waals surface area contributed by atoms with Gasteiger partial charge in [-0.25, -0.2) is 0 Å². The van der Waals surface area contributed by atoms with Crippen LogP contribution in [0.2, 0.25) is 0 Å². The fraction of sp³-hybridized carbons (Fsp3) is 0.806. The molecule has 2 atom stereocenters. The first-order valence-corrected chi connectivity index (χ1v) is 29.6. The number of aliphatic hydroxyl groups excluding tert-OH is 2. The molecule has 0 radical (unpaired) electrons. The van der Waals surface area contributed by atoms with E-state index < -0.39 is 12.1 Å². The monoisotopic (exact) mass is 952 g/mol. The van der Waals surface area contributed by atoms with Gasteiger partial charge in [-0.1, -0.05) is 254 Å². The van der Waals surface area contributed by atoms with Crippen LogP contribution in [-0.4, -0.2) is 47.4 Å². The summed E-state index contributed by atoms with van der Waals surface area (Å²) in [6.45, 7) is 4.81. The summed E-state index contributed by atoms with van der Waals surface area (Å²) in [5.74, 6) is -0.0793. The van der Waals surface area contributed by atoms with Crippen LogP contribution < -0.4 is 5.32 Å². The number of unbranched alkanes of at least 4 members (excludes halogenated alkanes) is 35. The van der Waals surface area contributed by atoms with Gasteiger partial charge >= 0.3 is 5.97 Å². The normalized spacial score (nSPS) is 13.1. The van der Waals surface area contributed by atoms with Crippen LogP contribution in [-0.2, 0) is 14.3 Å². The predicted molar refractivity (Wildman–Crippen MR) is 296 cm³/mol. The van der Waals surface area contributed by atoms with Crippen LogP contribution in [0.5, 0.6) is 0 Å². The molecule has 1 amide bonds. The molecule has 0 aliphatic heterocycles. The van der Waals surface area contributed by atoms with Crippen LogP contribution in [0.3, 0.4) is 0 Å². The van der Waals surface area contributed by atoms with Crippen LogP contribution in [0.15, 0.2) is 60.8 Å². The van der Waals surface area contributed by atoms with Gasteiger partial charge in [0.15, 0.2) is 0 Å². The maximum absolute atomic E-state index is 12.4. The summed E-state index contributed by atoms with van der Waals surface area (Å²) in [7, 11) is 0. The Hall–Kier alpha value is -2.44. The van der Waals surface area contributed by atoms with Gasteiger partial charge in [0.25, 0.3) is 0 Å². The number of esters is 1. The first kappa shape index (κ1) is 65.6. The molecule has 396 valence electrons. The lowest BCUT2D eigenvalue weighted by Crippen LogP contribution is -2.45. The van der Waals surface area contributed by atoms with E-state index in [1.165, 1.54) is 212 Å². The van der Waals surface area contributed by atoms with Crippen molar-refractivity contribution in [3.63, 3.8) is 0 Å². The highest BCUT2D eigenvalue weighted by atomic mass is 16.5. The molecule has 0 spiro atoms. The summed E-state index contributed by atoms with van der Waals surface area (Å²) >= 11 is 0. The van der Waals surface area contributed by atoms with Crippen molar-refractivity contribution >= 4 is 11.9 Å². The minimum atomic E-state index is -0.846. The third-order valence-electron chi connectivity index (χ3n) is 13.2. The smallest absolute Gasteiger partial charge is 0.305 e. The standard InChI is InChI=1S/C62H113NO5/c1-3-5-7-9-11-13-15-31-36-40-44-48-52-56-62(67)68-57-53-49-45-41-37-33-30-28-26-24-22-20-18-16-17-19-21-23-25-27-29-32-35-39-43-47-51-55-61(66)63-59(58-64)60(65)54-50-46-42-38-34-14-12-10-8-6-4-2/h7,9,13,15-17,20,22,50,54,59-60,64-65H,3-6,8,10-12,14,18-19,21,23-49,51-53,55-58H2,1-2H3,(H,63,66)/b9-7-,15-13-,17-16-,22-20-,54-50+. The zero-order chi connectivity index (χ0) is 49.3. The zero-order valence-corrected chi connectivity index (χ0v) is 45.1. The molecule has 0 bridgehead atoms. The molecule has 0 aliphatic carbocycles. The number of carbonyl (C=O) groups is 2. The number of ether oxygens (including phenoxy) is 1. The van der Waals surface area contributed by atoms with Gasteiger partial charge in [0, 0.05) is 12.8 Å². The van der Waals surface area contributed by atoms with E-state index in [4.69, 9.17) is 4.74 Å². The molecule has 6 nitrogen and oxygen atoms in total. The van der Waals surface area contributed by atoms with Crippen molar-refractivity contribution in [3.05, 3.63) is 60.8 Å². The minimum Gasteiger partial charge on any atom is -0.466 e. The number of hydrogen-bond donors (Lipinski definition) is 3. The molecular weight excluding hydrogens is 839 g/mol. The Balaban J connectivity index is 3.44. The van der Waals surface area contributed by atoms with Crippen molar-refractivity contribution in [2.45, 2.75) is 309 Å². The van der Waals surface area contributed by atoms with Crippen LogP contribution >= 0.6 is 0 Å². The molecule has 0 aliphatic rings. The van der Waals surface area contributed by atoms with Crippen molar-refractivity contribution in [2.75, 3.05) is 13.2 Å². The molecule has 68 heavy (non-hydrogen) atoms. The summed E-state index contributed by atoms with van der Waals surface area (Å²) in [5.41, 5.74) is 0. The number of rotatable bonds is 54. The summed E-state index contributed by atoms with van der Waals surface area (Å²) in [4.78, 5) is 24.4. The van der Waals surface area contributed by atoms with Gasteiger partial charge in [-0.15, -0.1) is 0 Å². The minimum absolute atomic E-state index is 0.00604. The Kier molecular flexibility index (Phi) is 55.1. The van der Waals surface area contributed by atoms with Gasteiger partial charge in [0.05, 0.1) is 25.4 Å². The summed E-state index contributed by atoms with van der Waals surface area (Å²) < 4.78 is 5.46. The fourth-order valence-corrected chi connectivity index (χ4v) is 8.70. The molecule has 0 aromatic heterocycles. The Morgan fingerprint density at radius 1 is 0.412 bits per heavy atom. The lowest BCUT2D eigenvalue weighted by Gasteiger charge is -2.20. The summed E-state index contributed by atoms with van der Waals surface area (Å²) in [5, 5.41) is 23.0.